The zero-order valence-electron chi connectivity index (χ0n) is 10.2. The molecule has 5 heteroatoms. The van der Waals surface area contributed by atoms with Crippen LogP contribution in [0.3, 0.4) is 0 Å². The van der Waals surface area contributed by atoms with Gasteiger partial charge in [-0.1, -0.05) is 12.8 Å². The van der Waals surface area contributed by atoms with Crippen molar-refractivity contribution in [3.63, 3.8) is 0 Å². The summed E-state index contributed by atoms with van der Waals surface area (Å²) in [5, 5.41) is 6.22. The lowest BCUT2D eigenvalue weighted by molar-refractivity contribution is -0.128. The van der Waals surface area contributed by atoms with Gasteiger partial charge in [-0.3, -0.25) is 4.79 Å². The van der Waals surface area contributed by atoms with E-state index in [0.717, 1.165) is 32.5 Å². The van der Waals surface area contributed by atoms with E-state index in [1.165, 1.54) is 12.8 Å². The second-order valence-electron chi connectivity index (χ2n) is 4.76. The van der Waals surface area contributed by atoms with Gasteiger partial charge in [0.05, 0.1) is 19.3 Å². The Labute approximate surface area is 102 Å². The molecule has 2 rings (SSSR count). The average molecular weight is 242 g/mol. The number of rotatable bonds is 5. The van der Waals surface area contributed by atoms with Gasteiger partial charge in [0.25, 0.3) is 0 Å². The number of ether oxygens (including phenoxy) is 2. The van der Waals surface area contributed by atoms with E-state index < -0.39 is 0 Å². The number of hydrogen-bond acceptors (Lipinski definition) is 4. The number of morpholine rings is 1. The molecule has 0 spiro atoms. The SMILES string of the molecule is O=C(COCC1CNCCO1)NC1CCCC1. The molecule has 1 heterocycles. The van der Waals surface area contributed by atoms with E-state index in [1.54, 1.807) is 0 Å². The predicted molar refractivity (Wildman–Crippen MR) is 63.8 cm³/mol. The van der Waals surface area contributed by atoms with Crippen LogP contribution in [0.25, 0.3) is 0 Å². The van der Waals surface area contributed by atoms with Crippen LogP contribution in [0.4, 0.5) is 0 Å². The van der Waals surface area contributed by atoms with Crippen LogP contribution in [-0.4, -0.2) is 51.0 Å². The third-order valence-corrected chi connectivity index (χ3v) is 3.26. The first-order chi connectivity index (χ1) is 8.34. The Balaban J connectivity index is 1.53. The fourth-order valence-electron chi connectivity index (χ4n) is 2.35. The smallest absolute Gasteiger partial charge is 0.246 e. The van der Waals surface area contributed by atoms with Crippen LogP contribution in [0.1, 0.15) is 25.7 Å². The van der Waals surface area contributed by atoms with Crippen molar-refractivity contribution in [2.75, 3.05) is 32.9 Å². The molecule has 1 saturated heterocycles. The fraction of sp³-hybridized carbons (Fsp3) is 0.917. The third kappa shape index (κ3) is 4.61. The first-order valence-electron chi connectivity index (χ1n) is 6.54. The van der Waals surface area contributed by atoms with E-state index in [4.69, 9.17) is 9.47 Å². The van der Waals surface area contributed by atoms with Crippen molar-refractivity contribution in [3.8, 4) is 0 Å². The maximum Gasteiger partial charge on any atom is 0.246 e. The minimum absolute atomic E-state index is 0.000619. The van der Waals surface area contributed by atoms with E-state index >= 15 is 0 Å². The molecule has 17 heavy (non-hydrogen) atoms. The molecule has 0 aromatic carbocycles. The molecule has 1 aliphatic heterocycles. The molecule has 2 N–H and O–H groups in total. The number of carbonyl (C=O) groups excluding carboxylic acids is 1. The van der Waals surface area contributed by atoms with Gasteiger partial charge in [0.2, 0.25) is 5.91 Å². The molecule has 2 fully saturated rings. The van der Waals surface area contributed by atoms with Gasteiger partial charge in [-0.05, 0) is 12.8 Å². The lowest BCUT2D eigenvalue weighted by Gasteiger charge is -2.23. The normalized spacial score (nSPS) is 26.0. The average Bonchev–Trinajstić information content (AvgIpc) is 2.83. The summed E-state index contributed by atoms with van der Waals surface area (Å²) in [5.74, 6) is 0.000619. The van der Waals surface area contributed by atoms with Crippen LogP contribution in [0.5, 0.6) is 0 Å². The molecule has 1 unspecified atom stereocenters. The lowest BCUT2D eigenvalue weighted by atomic mass is 10.2. The van der Waals surface area contributed by atoms with Crippen molar-refractivity contribution in [1.82, 2.24) is 10.6 Å². The molecule has 1 saturated carbocycles. The molecule has 0 radical (unpaired) electrons. The fourth-order valence-corrected chi connectivity index (χ4v) is 2.35. The second kappa shape index (κ2) is 6.93. The van der Waals surface area contributed by atoms with E-state index in [9.17, 15) is 4.79 Å². The Bertz CT molecular complexity index is 236. The zero-order valence-corrected chi connectivity index (χ0v) is 10.2. The summed E-state index contributed by atoms with van der Waals surface area (Å²) in [4.78, 5) is 11.5. The summed E-state index contributed by atoms with van der Waals surface area (Å²) in [6.07, 6.45) is 4.77. The van der Waals surface area contributed by atoms with Gasteiger partial charge in [-0.15, -0.1) is 0 Å². The number of amides is 1. The van der Waals surface area contributed by atoms with Crippen LogP contribution < -0.4 is 10.6 Å². The first-order valence-corrected chi connectivity index (χ1v) is 6.54. The molecule has 0 aromatic heterocycles. The van der Waals surface area contributed by atoms with Crippen molar-refractivity contribution in [2.45, 2.75) is 37.8 Å². The monoisotopic (exact) mass is 242 g/mol. The van der Waals surface area contributed by atoms with E-state index in [1.807, 2.05) is 0 Å². The maximum absolute atomic E-state index is 11.5. The highest BCUT2D eigenvalue weighted by molar-refractivity contribution is 5.77. The van der Waals surface area contributed by atoms with E-state index in [2.05, 4.69) is 10.6 Å². The van der Waals surface area contributed by atoms with Crippen LogP contribution in [0.2, 0.25) is 0 Å². The Morgan fingerprint density at radius 2 is 2.24 bits per heavy atom. The Morgan fingerprint density at radius 1 is 1.41 bits per heavy atom. The minimum Gasteiger partial charge on any atom is -0.373 e. The van der Waals surface area contributed by atoms with E-state index in [-0.39, 0.29) is 18.6 Å². The second-order valence-corrected chi connectivity index (χ2v) is 4.76. The molecular formula is C12H22N2O3. The van der Waals surface area contributed by atoms with Gasteiger partial charge >= 0.3 is 0 Å². The molecule has 1 atom stereocenters. The molecular weight excluding hydrogens is 220 g/mol. The molecule has 1 aliphatic carbocycles. The molecule has 98 valence electrons. The van der Waals surface area contributed by atoms with Crippen molar-refractivity contribution in [3.05, 3.63) is 0 Å². The largest absolute Gasteiger partial charge is 0.373 e. The van der Waals surface area contributed by atoms with Crippen LogP contribution >= 0.6 is 0 Å². The Kier molecular flexibility index (Phi) is 5.22. The third-order valence-electron chi connectivity index (χ3n) is 3.26. The van der Waals surface area contributed by atoms with Gasteiger partial charge in [-0.25, -0.2) is 0 Å². The topological polar surface area (TPSA) is 59.6 Å². The standard InChI is InChI=1S/C12H22N2O3/c15-12(14-10-3-1-2-4-10)9-16-8-11-7-13-5-6-17-11/h10-11,13H,1-9H2,(H,14,15). The van der Waals surface area contributed by atoms with Crippen LogP contribution in [0, 0.1) is 0 Å². The first kappa shape index (κ1) is 12.8. The minimum atomic E-state index is 0.000619. The van der Waals surface area contributed by atoms with E-state index in [0.29, 0.717) is 12.6 Å². The Morgan fingerprint density at radius 3 is 2.94 bits per heavy atom. The van der Waals surface area contributed by atoms with Crippen molar-refractivity contribution in [2.24, 2.45) is 0 Å². The van der Waals surface area contributed by atoms with Gasteiger partial charge in [0, 0.05) is 19.1 Å². The summed E-state index contributed by atoms with van der Waals surface area (Å²) in [6.45, 7) is 3.08. The van der Waals surface area contributed by atoms with Crippen molar-refractivity contribution >= 4 is 5.91 Å². The zero-order chi connectivity index (χ0) is 11.9. The highest BCUT2D eigenvalue weighted by Gasteiger charge is 2.18. The van der Waals surface area contributed by atoms with Crippen LogP contribution in [0.15, 0.2) is 0 Å². The maximum atomic E-state index is 11.5. The highest BCUT2D eigenvalue weighted by Crippen LogP contribution is 2.17. The Hall–Kier alpha value is -0.650. The summed E-state index contributed by atoms with van der Waals surface area (Å²) in [6, 6.07) is 0.374. The molecule has 0 bridgehead atoms. The van der Waals surface area contributed by atoms with Gasteiger partial charge in [0.1, 0.15) is 6.61 Å². The van der Waals surface area contributed by atoms with Crippen molar-refractivity contribution < 1.29 is 14.3 Å². The highest BCUT2D eigenvalue weighted by atomic mass is 16.5. The van der Waals surface area contributed by atoms with Crippen molar-refractivity contribution in [1.29, 1.82) is 0 Å². The lowest BCUT2D eigenvalue weighted by Crippen LogP contribution is -2.42. The molecule has 5 nitrogen and oxygen atoms in total. The van der Waals surface area contributed by atoms with Crippen LogP contribution in [-0.2, 0) is 14.3 Å². The van der Waals surface area contributed by atoms with Gasteiger partial charge < -0.3 is 20.1 Å². The quantitative estimate of drug-likeness (QED) is 0.715. The van der Waals surface area contributed by atoms with Gasteiger partial charge in [-0.2, -0.15) is 0 Å². The number of hydrogen-bond donors (Lipinski definition) is 2. The predicted octanol–water partition coefficient (Wildman–Crippen LogP) is 0.0502. The number of nitrogens with one attached hydrogen (secondary N) is 2. The molecule has 1 amide bonds. The molecule has 2 aliphatic rings. The van der Waals surface area contributed by atoms with Gasteiger partial charge in [0.15, 0.2) is 0 Å². The molecule has 0 aromatic rings. The summed E-state index contributed by atoms with van der Waals surface area (Å²) in [7, 11) is 0. The summed E-state index contributed by atoms with van der Waals surface area (Å²) in [5.41, 5.74) is 0. The number of carbonyl (C=O) groups is 1. The summed E-state index contributed by atoms with van der Waals surface area (Å²) < 4.78 is 10.8. The summed E-state index contributed by atoms with van der Waals surface area (Å²) >= 11 is 0.